The van der Waals surface area contributed by atoms with Crippen LogP contribution in [0.4, 0.5) is 5.82 Å². The van der Waals surface area contributed by atoms with Crippen molar-refractivity contribution in [2.75, 3.05) is 11.4 Å². The molecule has 0 fully saturated rings. The second-order valence-electron chi connectivity index (χ2n) is 5.33. The third-order valence-electron chi connectivity index (χ3n) is 3.30. The van der Waals surface area contributed by atoms with Crippen molar-refractivity contribution in [2.45, 2.75) is 46.6 Å². The second kappa shape index (κ2) is 7.12. The number of rotatable bonds is 7. The second-order valence-corrected chi connectivity index (χ2v) is 5.33. The maximum atomic E-state index is 7.54. The highest BCUT2D eigenvalue weighted by atomic mass is 15.2. The Labute approximate surface area is 116 Å². The fourth-order valence-electron chi connectivity index (χ4n) is 2.30. The third-order valence-corrected chi connectivity index (χ3v) is 3.30. The van der Waals surface area contributed by atoms with Crippen LogP contribution in [0.15, 0.2) is 18.3 Å². The minimum Gasteiger partial charge on any atom is -0.384 e. The van der Waals surface area contributed by atoms with Gasteiger partial charge in [-0.05, 0) is 30.9 Å². The number of anilines is 1. The van der Waals surface area contributed by atoms with Crippen LogP contribution in [0.2, 0.25) is 0 Å². The minimum absolute atomic E-state index is 0.0951. The molecule has 1 rings (SSSR count). The van der Waals surface area contributed by atoms with Crippen LogP contribution in [-0.2, 0) is 0 Å². The predicted molar refractivity (Wildman–Crippen MR) is 81.8 cm³/mol. The Morgan fingerprint density at radius 1 is 1.37 bits per heavy atom. The Morgan fingerprint density at radius 2 is 2.00 bits per heavy atom. The van der Waals surface area contributed by atoms with E-state index in [0.717, 1.165) is 30.8 Å². The highest BCUT2D eigenvalue weighted by molar-refractivity contribution is 5.95. The first-order valence-electron chi connectivity index (χ1n) is 7.06. The standard InChI is InChI=1S/C15H26N4/c1-5-13(6-2)19(10-11(3)4)14-9-12(15(16)17)7-8-18-14/h7-9,11,13H,5-6,10H2,1-4H3,(H3,16,17). The Bertz CT molecular complexity index is 410. The van der Waals surface area contributed by atoms with Gasteiger partial charge >= 0.3 is 0 Å². The Morgan fingerprint density at radius 3 is 2.47 bits per heavy atom. The summed E-state index contributed by atoms with van der Waals surface area (Å²) in [5.74, 6) is 1.59. The molecule has 0 aliphatic carbocycles. The molecule has 0 radical (unpaired) electrons. The molecule has 106 valence electrons. The van der Waals surface area contributed by atoms with Crippen molar-refractivity contribution in [1.82, 2.24) is 4.98 Å². The van der Waals surface area contributed by atoms with Crippen LogP contribution in [0.3, 0.4) is 0 Å². The molecule has 4 nitrogen and oxygen atoms in total. The van der Waals surface area contributed by atoms with Gasteiger partial charge in [-0.2, -0.15) is 0 Å². The predicted octanol–water partition coefficient (Wildman–Crippen LogP) is 3.02. The van der Waals surface area contributed by atoms with Gasteiger partial charge < -0.3 is 10.6 Å². The summed E-state index contributed by atoms with van der Waals surface area (Å²) >= 11 is 0. The lowest BCUT2D eigenvalue weighted by Gasteiger charge is -2.33. The highest BCUT2D eigenvalue weighted by Gasteiger charge is 2.18. The first kappa shape index (κ1) is 15.5. The van der Waals surface area contributed by atoms with Gasteiger partial charge in [-0.3, -0.25) is 5.41 Å². The van der Waals surface area contributed by atoms with Crippen molar-refractivity contribution in [3.8, 4) is 0 Å². The molecule has 1 aromatic heterocycles. The molecule has 0 saturated heterocycles. The van der Waals surface area contributed by atoms with E-state index in [4.69, 9.17) is 11.1 Å². The van der Waals surface area contributed by atoms with Gasteiger partial charge in [0.1, 0.15) is 11.7 Å². The number of aromatic nitrogens is 1. The molecule has 3 N–H and O–H groups in total. The average Bonchev–Trinajstić information content (AvgIpc) is 2.38. The normalized spacial score (nSPS) is 11.1. The fraction of sp³-hybridized carbons (Fsp3) is 0.600. The number of nitrogens with zero attached hydrogens (tertiary/aromatic N) is 2. The summed E-state index contributed by atoms with van der Waals surface area (Å²) in [6.45, 7) is 9.81. The largest absolute Gasteiger partial charge is 0.384 e. The number of nitrogen functional groups attached to an aromatic ring is 1. The molecule has 0 unspecified atom stereocenters. The molecule has 0 amide bonds. The summed E-state index contributed by atoms with van der Waals surface area (Å²) in [7, 11) is 0. The molecule has 19 heavy (non-hydrogen) atoms. The van der Waals surface area contributed by atoms with Gasteiger partial charge in [0.25, 0.3) is 0 Å². The smallest absolute Gasteiger partial charge is 0.129 e. The van der Waals surface area contributed by atoms with Crippen molar-refractivity contribution in [3.05, 3.63) is 23.9 Å². The number of nitrogens with two attached hydrogens (primary N) is 1. The van der Waals surface area contributed by atoms with Crippen LogP contribution in [0.25, 0.3) is 0 Å². The number of pyridine rings is 1. The van der Waals surface area contributed by atoms with Gasteiger partial charge in [0, 0.05) is 24.3 Å². The van der Waals surface area contributed by atoms with Crippen molar-refractivity contribution in [2.24, 2.45) is 11.7 Å². The maximum absolute atomic E-state index is 7.54. The summed E-state index contributed by atoms with van der Waals surface area (Å²) in [6, 6.07) is 4.19. The number of hydrogen-bond acceptors (Lipinski definition) is 3. The quantitative estimate of drug-likeness (QED) is 0.586. The first-order valence-corrected chi connectivity index (χ1v) is 7.06. The molecule has 0 saturated carbocycles. The van der Waals surface area contributed by atoms with Crippen molar-refractivity contribution >= 4 is 11.7 Å². The van der Waals surface area contributed by atoms with E-state index in [1.54, 1.807) is 12.3 Å². The van der Waals surface area contributed by atoms with Crippen molar-refractivity contribution in [1.29, 1.82) is 5.41 Å². The van der Waals surface area contributed by atoms with Gasteiger partial charge in [-0.25, -0.2) is 4.98 Å². The zero-order valence-electron chi connectivity index (χ0n) is 12.5. The minimum atomic E-state index is 0.0951. The van der Waals surface area contributed by atoms with Crippen LogP contribution >= 0.6 is 0 Å². The molecule has 0 atom stereocenters. The van der Waals surface area contributed by atoms with Crippen LogP contribution in [0, 0.1) is 11.3 Å². The van der Waals surface area contributed by atoms with E-state index in [2.05, 4.69) is 37.6 Å². The molecule has 0 aliphatic rings. The van der Waals surface area contributed by atoms with E-state index in [0.29, 0.717) is 12.0 Å². The zero-order chi connectivity index (χ0) is 14.4. The molecular formula is C15H26N4. The lowest BCUT2D eigenvalue weighted by Crippen LogP contribution is -2.38. The molecule has 1 heterocycles. The molecular weight excluding hydrogens is 236 g/mol. The van der Waals surface area contributed by atoms with E-state index < -0.39 is 0 Å². The summed E-state index contributed by atoms with van der Waals surface area (Å²) in [5, 5.41) is 7.54. The summed E-state index contributed by atoms with van der Waals surface area (Å²) in [5.41, 5.74) is 6.30. The molecule has 0 spiro atoms. The van der Waals surface area contributed by atoms with Crippen LogP contribution in [0.1, 0.15) is 46.1 Å². The average molecular weight is 262 g/mol. The van der Waals surface area contributed by atoms with Crippen LogP contribution < -0.4 is 10.6 Å². The van der Waals surface area contributed by atoms with Gasteiger partial charge in [0.05, 0.1) is 0 Å². The van der Waals surface area contributed by atoms with Crippen LogP contribution in [0.5, 0.6) is 0 Å². The van der Waals surface area contributed by atoms with Crippen molar-refractivity contribution in [3.63, 3.8) is 0 Å². The lowest BCUT2D eigenvalue weighted by molar-refractivity contribution is 0.503. The van der Waals surface area contributed by atoms with Crippen LogP contribution in [-0.4, -0.2) is 23.4 Å². The Kier molecular flexibility index (Phi) is 5.80. The molecule has 0 aliphatic heterocycles. The van der Waals surface area contributed by atoms with E-state index in [-0.39, 0.29) is 5.84 Å². The summed E-state index contributed by atoms with van der Waals surface area (Å²) in [6.07, 6.45) is 3.92. The first-order chi connectivity index (χ1) is 8.99. The summed E-state index contributed by atoms with van der Waals surface area (Å²) in [4.78, 5) is 6.81. The van der Waals surface area contributed by atoms with E-state index in [1.165, 1.54) is 0 Å². The zero-order valence-corrected chi connectivity index (χ0v) is 12.5. The highest BCUT2D eigenvalue weighted by Crippen LogP contribution is 2.20. The number of hydrogen-bond donors (Lipinski definition) is 2. The van der Waals surface area contributed by atoms with Gasteiger partial charge in [-0.15, -0.1) is 0 Å². The van der Waals surface area contributed by atoms with E-state index in [9.17, 15) is 0 Å². The molecule has 1 aromatic rings. The maximum Gasteiger partial charge on any atom is 0.129 e. The fourth-order valence-corrected chi connectivity index (χ4v) is 2.30. The van der Waals surface area contributed by atoms with Crippen molar-refractivity contribution < 1.29 is 0 Å². The monoisotopic (exact) mass is 262 g/mol. The van der Waals surface area contributed by atoms with E-state index >= 15 is 0 Å². The molecule has 4 heteroatoms. The van der Waals surface area contributed by atoms with Gasteiger partial charge in [-0.1, -0.05) is 27.7 Å². The van der Waals surface area contributed by atoms with E-state index in [1.807, 2.05) is 6.07 Å². The lowest BCUT2D eigenvalue weighted by atomic mass is 10.1. The molecule has 0 bridgehead atoms. The SMILES string of the molecule is CCC(CC)N(CC(C)C)c1cc(C(=N)N)ccn1. The third kappa shape index (κ3) is 4.23. The summed E-state index contributed by atoms with van der Waals surface area (Å²) < 4.78 is 0. The topological polar surface area (TPSA) is 66.0 Å². The van der Waals surface area contributed by atoms with Gasteiger partial charge in [0.2, 0.25) is 0 Å². The molecule has 0 aromatic carbocycles. The Balaban J connectivity index is 3.08. The van der Waals surface area contributed by atoms with Gasteiger partial charge in [0.15, 0.2) is 0 Å². The number of nitrogens with one attached hydrogen (secondary N) is 1. The number of amidine groups is 1. The Hall–Kier alpha value is -1.58.